The molecule has 0 radical (unpaired) electrons. The van der Waals surface area contributed by atoms with E-state index in [4.69, 9.17) is 4.74 Å². The molecule has 0 aliphatic rings. The molecule has 1 aromatic rings. The molecule has 1 rings (SSSR count). The van der Waals surface area contributed by atoms with Gasteiger partial charge in [-0.05, 0) is 31.9 Å². The molecule has 0 bridgehead atoms. The number of ether oxygens (including phenoxy) is 1. The van der Waals surface area contributed by atoms with Crippen LogP contribution in [0.5, 0.6) is 5.75 Å². The van der Waals surface area contributed by atoms with Crippen LogP contribution in [0.4, 0.5) is 0 Å². The van der Waals surface area contributed by atoms with Crippen molar-refractivity contribution in [2.75, 3.05) is 33.3 Å². The molecule has 0 saturated carbocycles. The number of nitrogens with one attached hydrogen (secondary N) is 1. The Morgan fingerprint density at radius 1 is 1.36 bits per heavy atom. The van der Waals surface area contributed by atoms with Gasteiger partial charge in [0.05, 0.1) is 6.54 Å². The third-order valence-corrected chi connectivity index (χ3v) is 2.96. The molecule has 0 amide bonds. The largest absolute Gasteiger partial charge is 0.492 e. The molecule has 0 aliphatic carbocycles. The van der Waals surface area contributed by atoms with Gasteiger partial charge in [-0.1, -0.05) is 24.3 Å². The van der Waals surface area contributed by atoms with Crippen LogP contribution in [0, 0.1) is 0 Å². The lowest BCUT2D eigenvalue weighted by Crippen LogP contribution is -2.39. The minimum absolute atomic E-state index is 0. The Morgan fingerprint density at radius 2 is 2.09 bits per heavy atom. The van der Waals surface area contributed by atoms with Gasteiger partial charge >= 0.3 is 0 Å². The Hall–Kier alpha value is -1.24. The molecule has 0 aliphatic heterocycles. The van der Waals surface area contributed by atoms with E-state index in [1.165, 1.54) is 0 Å². The number of benzene rings is 1. The zero-order valence-electron chi connectivity index (χ0n) is 13.6. The number of rotatable bonds is 9. The van der Waals surface area contributed by atoms with Gasteiger partial charge in [-0.2, -0.15) is 0 Å². The van der Waals surface area contributed by atoms with Crippen LogP contribution in [0.25, 0.3) is 0 Å². The third kappa shape index (κ3) is 8.92. The van der Waals surface area contributed by atoms with Crippen molar-refractivity contribution in [1.82, 2.24) is 10.2 Å². The van der Waals surface area contributed by atoms with E-state index in [0.29, 0.717) is 13.2 Å². The Balaban J connectivity index is 0.00000441. The molecular formula is C17H28IN3O. The molecule has 124 valence electrons. The van der Waals surface area contributed by atoms with E-state index >= 15 is 0 Å². The van der Waals surface area contributed by atoms with Crippen molar-refractivity contribution in [2.24, 2.45) is 4.99 Å². The highest BCUT2D eigenvalue weighted by molar-refractivity contribution is 14.0. The van der Waals surface area contributed by atoms with E-state index in [9.17, 15) is 0 Å². The van der Waals surface area contributed by atoms with Crippen molar-refractivity contribution in [1.29, 1.82) is 0 Å². The van der Waals surface area contributed by atoms with Crippen LogP contribution in [-0.2, 0) is 0 Å². The van der Waals surface area contributed by atoms with Crippen molar-refractivity contribution < 1.29 is 4.74 Å². The number of allylic oxidation sites excluding steroid dienone is 1. The van der Waals surface area contributed by atoms with E-state index in [-0.39, 0.29) is 24.0 Å². The van der Waals surface area contributed by atoms with Gasteiger partial charge in [0.15, 0.2) is 5.96 Å². The molecule has 1 N–H and O–H groups in total. The predicted octanol–water partition coefficient (Wildman–Crippen LogP) is 3.55. The van der Waals surface area contributed by atoms with Gasteiger partial charge in [0.25, 0.3) is 0 Å². The van der Waals surface area contributed by atoms with Gasteiger partial charge in [-0.15, -0.1) is 30.6 Å². The first-order valence-corrected chi connectivity index (χ1v) is 7.56. The van der Waals surface area contributed by atoms with E-state index in [0.717, 1.165) is 37.6 Å². The molecule has 0 atom stereocenters. The number of hydrogen-bond acceptors (Lipinski definition) is 2. The number of para-hydroxylation sites is 1. The summed E-state index contributed by atoms with van der Waals surface area (Å²) in [5, 5.41) is 3.30. The molecule has 4 nitrogen and oxygen atoms in total. The molecule has 5 heteroatoms. The van der Waals surface area contributed by atoms with Crippen LogP contribution in [0.2, 0.25) is 0 Å². The Morgan fingerprint density at radius 3 is 2.73 bits per heavy atom. The standard InChI is InChI=1S/C17H27N3O.HI/c1-4-6-10-14-20(3)17(18-5-2)19-13-15-21-16-11-8-7-9-12-16;/h4,7-9,11-12H,1,5-6,10,13-15H2,2-3H3,(H,18,19);1H. The molecule has 0 unspecified atom stereocenters. The molecule has 22 heavy (non-hydrogen) atoms. The van der Waals surface area contributed by atoms with Gasteiger partial charge in [-0.25, -0.2) is 4.99 Å². The summed E-state index contributed by atoms with van der Waals surface area (Å²) in [5.74, 6) is 1.82. The first-order valence-electron chi connectivity index (χ1n) is 7.56. The fraction of sp³-hybridized carbons (Fsp3) is 0.471. The van der Waals surface area contributed by atoms with Gasteiger partial charge in [-0.3, -0.25) is 0 Å². The van der Waals surface area contributed by atoms with Crippen LogP contribution in [-0.4, -0.2) is 44.1 Å². The molecule has 0 heterocycles. The SMILES string of the molecule is C=CCCCN(C)C(=NCCOc1ccccc1)NCC.I. The molecule has 0 spiro atoms. The van der Waals surface area contributed by atoms with Crippen LogP contribution >= 0.6 is 24.0 Å². The highest BCUT2D eigenvalue weighted by Crippen LogP contribution is 2.07. The summed E-state index contributed by atoms with van der Waals surface area (Å²) in [5.41, 5.74) is 0. The molecule has 0 aromatic heterocycles. The molecule has 0 saturated heterocycles. The van der Waals surface area contributed by atoms with Crippen LogP contribution in [0.3, 0.4) is 0 Å². The first-order chi connectivity index (χ1) is 10.3. The maximum atomic E-state index is 5.65. The predicted molar refractivity (Wildman–Crippen MR) is 105 cm³/mol. The smallest absolute Gasteiger partial charge is 0.193 e. The third-order valence-electron chi connectivity index (χ3n) is 2.96. The fourth-order valence-electron chi connectivity index (χ4n) is 1.88. The fourth-order valence-corrected chi connectivity index (χ4v) is 1.88. The zero-order valence-corrected chi connectivity index (χ0v) is 16.0. The summed E-state index contributed by atoms with van der Waals surface area (Å²) in [4.78, 5) is 6.74. The second-order valence-corrected chi connectivity index (χ2v) is 4.75. The summed E-state index contributed by atoms with van der Waals surface area (Å²) in [7, 11) is 2.06. The van der Waals surface area contributed by atoms with Gasteiger partial charge < -0.3 is 15.0 Å². The van der Waals surface area contributed by atoms with Crippen molar-refractivity contribution in [3.63, 3.8) is 0 Å². The average molecular weight is 417 g/mol. The van der Waals surface area contributed by atoms with Crippen LogP contribution in [0.1, 0.15) is 19.8 Å². The van der Waals surface area contributed by atoms with E-state index in [1.54, 1.807) is 0 Å². The summed E-state index contributed by atoms with van der Waals surface area (Å²) in [6.45, 7) is 8.88. The number of hydrogen-bond donors (Lipinski definition) is 1. The Bertz CT molecular complexity index is 423. The molecular weight excluding hydrogens is 389 g/mol. The normalized spacial score (nSPS) is 10.5. The topological polar surface area (TPSA) is 36.9 Å². The minimum Gasteiger partial charge on any atom is -0.492 e. The van der Waals surface area contributed by atoms with Crippen molar-refractivity contribution in [2.45, 2.75) is 19.8 Å². The van der Waals surface area contributed by atoms with Crippen LogP contribution < -0.4 is 10.1 Å². The van der Waals surface area contributed by atoms with Gasteiger partial charge in [0.2, 0.25) is 0 Å². The number of halogens is 1. The average Bonchev–Trinajstić information content (AvgIpc) is 2.51. The summed E-state index contributed by atoms with van der Waals surface area (Å²) in [6, 6.07) is 9.82. The van der Waals surface area contributed by atoms with Gasteiger partial charge in [0.1, 0.15) is 12.4 Å². The number of aliphatic imine (C=N–C) groups is 1. The Labute approximate surface area is 151 Å². The quantitative estimate of drug-likeness (QED) is 0.220. The van der Waals surface area contributed by atoms with E-state index < -0.39 is 0 Å². The van der Waals surface area contributed by atoms with Gasteiger partial charge in [0, 0.05) is 20.1 Å². The molecule has 1 aromatic carbocycles. The molecule has 0 fully saturated rings. The van der Waals surface area contributed by atoms with Crippen molar-refractivity contribution >= 4 is 29.9 Å². The zero-order chi connectivity index (χ0) is 15.3. The number of guanidine groups is 1. The number of nitrogens with zero attached hydrogens (tertiary/aromatic N) is 2. The number of unbranched alkanes of at least 4 members (excludes halogenated alkanes) is 1. The monoisotopic (exact) mass is 417 g/mol. The van der Waals surface area contributed by atoms with Crippen molar-refractivity contribution in [3.05, 3.63) is 43.0 Å². The Kier molecular flexibility index (Phi) is 12.7. The van der Waals surface area contributed by atoms with Crippen molar-refractivity contribution in [3.8, 4) is 5.75 Å². The highest BCUT2D eigenvalue weighted by atomic mass is 127. The van der Waals surface area contributed by atoms with E-state index in [1.807, 2.05) is 36.4 Å². The second kappa shape index (κ2) is 13.4. The van der Waals surface area contributed by atoms with E-state index in [2.05, 4.69) is 35.8 Å². The maximum Gasteiger partial charge on any atom is 0.193 e. The second-order valence-electron chi connectivity index (χ2n) is 4.75. The minimum atomic E-state index is 0. The highest BCUT2D eigenvalue weighted by Gasteiger charge is 2.04. The lowest BCUT2D eigenvalue weighted by atomic mass is 10.3. The maximum absolute atomic E-state index is 5.65. The summed E-state index contributed by atoms with van der Waals surface area (Å²) in [6.07, 6.45) is 4.07. The van der Waals surface area contributed by atoms with Crippen LogP contribution in [0.15, 0.2) is 48.0 Å². The lowest BCUT2D eigenvalue weighted by Gasteiger charge is -2.21. The summed E-state index contributed by atoms with van der Waals surface area (Å²) >= 11 is 0. The first kappa shape index (κ1) is 20.8. The lowest BCUT2D eigenvalue weighted by molar-refractivity contribution is 0.327. The summed E-state index contributed by atoms with van der Waals surface area (Å²) < 4.78 is 5.65.